The number of rotatable bonds is 1. The fourth-order valence-corrected chi connectivity index (χ4v) is 0.491. The summed E-state index contributed by atoms with van der Waals surface area (Å²) in [6.45, 7) is 0. The standard InChI is InChI=1S/C2HN8/c3-1(4-8-7-3)2-5-9-10-6-2/h(H-,3,4,5,6,7,8,9,10)/q-1. The third kappa shape index (κ3) is 0.623. The number of nitrogens with zero attached hydrogens (tertiary/aromatic N) is 7. The van der Waals surface area contributed by atoms with E-state index in [1.165, 1.54) is 0 Å². The number of tetrazole rings is 2. The normalized spacial score (nSPS) is 10.0. The summed E-state index contributed by atoms with van der Waals surface area (Å²) in [5, 5.41) is 26.3. The maximum absolute atomic E-state index is 3.61. The number of aromatic nitrogens is 8. The van der Waals surface area contributed by atoms with E-state index in [2.05, 4.69) is 41.2 Å². The molecule has 0 saturated carbocycles. The molecule has 0 aliphatic rings. The molecule has 10 heavy (non-hydrogen) atoms. The second kappa shape index (κ2) is 1.83. The zero-order valence-corrected chi connectivity index (χ0v) is 4.63. The highest BCUT2D eigenvalue weighted by Gasteiger charge is 1.97. The van der Waals surface area contributed by atoms with Crippen molar-refractivity contribution in [2.24, 2.45) is 0 Å². The lowest BCUT2D eigenvalue weighted by atomic mass is 10.6. The van der Waals surface area contributed by atoms with Crippen LogP contribution in [0.3, 0.4) is 0 Å². The Kier molecular flexibility index (Phi) is 0.907. The molecule has 0 amide bonds. The fraction of sp³-hybridized carbons (Fsp3) is 0. The average molecular weight is 137 g/mol. The Morgan fingerprint density at radius 3 is 2.90 bits per heavy atom. The molecule has 2 rings (SSSR count). The number of aromatic amines is 1. The van der Waals surface area contributed by atoms with Crippen LogP contribution in [0.25, 0.3) is 11.6 Å². The SMILES string of the molecule is n1n[n-]c(-c2nn[nH]n2)n1. The molecule has 0 aliphatic carbocycles. The van der Waals surface area contributed by atoms with Crippen molar-refractivity contribution in [3.8, 4) is 11.6 Å². The highest BCUT2D eigenvalue weighted by Crippen LogP contribution is 1.98. The van der Waals surface area contributed by atoms with Crippen molar-refractivity contribution in [3.63, 3.8) is 0 Å². The van der Waals surface area contributed by atoms with Gasteiger partial charge in [-0.05, 0) is 5.21 Å². The quantitative estimate of drug-likeness (QED) is 0.484. The van der Waals surface area contributed by atoms with Crippen molar-refractivity contribution in [1.82, 2.24) is 41.2 Å². The molecule has 0 bridgehead atoms. The van der Waals surface area contributed by atoms with E-state index in [-0.39, 0.29) is 5.82 Å². The molecule has 0 spiro atoms. The third-order valence-electron chi connectivity index (χ3n) is 0.864. The first-order chi connectivity index (χ1) is 4.97. The van der Waals surface area contributed by atoms with E-state index in [0.717, 1.165) is 0 Å². The van der Waals surface area contributed by atoms with Crippen LogP contribution in [0.2, 0.25) is 0 Å². The van der Waals surface area contributed by atoms with E-state index >= 15 is 0 Å². The van der Waals surface area contributed by atoms with Gasteiger partial charge in [0, 0.05) is 0 Å². The number of nitrogens with one attached hydrogen (secondary N) is 1. The van der Waals surface area contributed by atoms with Crippen LogP contribution < -0.4 is 5.10 Å². The van der Waals surface area contributed by atoms with Crippen molar-refractivity contribution in [1.29, 1.82) is 0 Å². The molecule has 2 aromatic heterocycles. The van der Waals surface area contributed by atoms with Crippen molar-refractivity contribution in [2.45, 2.75) is 0 Å². The van der Waals surface area contributed by atoms with Crippen LogP contribution in [0, 0.1) is 0 Å². The van der Waals surface area contributed by atoms with E-state index in [1.807, 2.05) is 0 Å². The first kappa shape index (κ1) is 4.97. The van der Waals surface area contributed by atoms with Gasteiger partial charge in [-0.15, -0.1) is 10.2 Å². The predicted octanol–water partition coefficient (Wildman–Crippen LogP) is -1.99. The minimum atomic E-state index is 0.272. The Bertz CT molecular complexity index is 247. The molecule has 8 nitrogen and oxygen atoms in total. The van der Waals surface area contributed by atoms with Crippen molar-refractivity contribution in [3.05, 3.63) is 0 Å². The smallest absolute Gasteiger partial charge is 0.211 e. The molecule has 0 unspecified atom stereocenters. The number of hydrogen-bond donors (Lipinski definition) is 1. The van der Waals surface area contributed by atoms with E-state index in [1.54, 1.807) is 0 Å². The van der Waals surface area contributed by atoms with Gasteiger partial charge in [-0.2, -0.15) is 10.4 Å². The summed E-state index contributed by atoms with van der Waals surface area (Å²) >= 11 is 0. The second-order valence-electron chi connectivity index (χ2n) is 1.44. The van der Waals surface area contributed by atoms with Crippen molar-refractivity contribution in [2.75, 3.05) is 0 Å². The molecule has 50 valence electrons. The summed E-state index contributed by atoms with van der Waals surface area (Å²) in [4.78, 5) is 0. The Balaban J connectivity index is 2.48. The number of hydrogen-bond acceptors (Lipinski definition) is 6. The average Bonchev–Trinajstić information content (AvgIpc) is 2.59. The molecule has 0 fully saturated rings. The lowest BCUT2D eigenvalue weighted by Gasteiger charge is -1.84. The zero-order chi connectivity index (χ0) is 6.81. The lowest BCUT2D eigenvalue weighted by molar-refractivity contribution is 0.871. The van der Waals surface area contributed by atoms with Crippen molar-refractivity contribution >= 4 is 0 Å². The van der Waals surface area contributed by atoms with Crippen LogP contribution >= 0.6 is 0 Å². The first-order valence-electron chi connectivity index (χ1n) is 2.39. The Morgan fingerprint density at radius 2 is 2.30 bits per heavy atom. The van der Waals surface area contributed by atoms with Crippen LogP contribution in [0.1, 0.15) is 0 Å². The van der Waals surface area contributed by atoms with Gasteiger partial charge in [-0.25, -0.2) is 0 Å². The van der Waals surface area contributed by atoms with Gasteiger partial charge >= 0.3 is 0 Å². The molecule has 0 atom stereocenters. The van der Waals surface area contributed by atoms with Crippen LogP contribution in [-0.2, 0) is 0 Å². The molecule has 0 radical (unpaired) electrons. The lowest BCUT2D eigenvalue weighted by Crippen LogP contribution is -1.85. The van der Waals surface area contributed by atoms with Crippen LogP contribution in [0.15, 0.2) is 0 Å². The maximum atomic E-state index is 3.61. The molecule has 8 heteroatoms. The minimum absolute atomic E-state index is 0.272. The zero-order valence-electron chi connectivity index (χ0n) is 4.63. The van der Waals surface area contributed by atoms with Gasteiger partial charge in [0.1, 0.15) is 0 Å². The number of H-pyrrole nitrogens is 1. The van der Waals surface area contributed by atoms with E-state index in [4.69, 9.17) is 0 Å². The summed E-state index contributed by atoms with van der Waals surface area (Å²) in [5.41, 5.74) is 0. The first-order valence-corrected chi connectivity index (χ1v) is 2.39. The largest absolute Gasteiger partial charge is 0.327 e. The second-order valence-corrected chi connectivity index (χ2v) is 1.44. The molecule has 0 aromatic carbocycles. The summed E-state index contributed by atoms with van der Waals surface area (Å²) < 4.78 is 0. The van der Waals surface area contributed by atoms with Gasteiger partial charge in [-0.3, -0.25) is 10.3 Å². The van der Waals surface area contributed by atoms with Crippen molar-refractivity contribution < 1.29 is 0 Å². The van der Waals surface area contributed by atoms with Gasteiger partial charge in [-0.1, -0.05) is 0 Å². The molecule has 2 aromatic rings. The maximum Gasteiger partial charge on any atom is 0.211 e. The predicted molar refractivity (Wildman–Crippen MR) is 26.3 cm³/mol. The molecular weight excluding hydrogens is 136 g/mol. The van der Waals surface area contributed by atoms with Gasteiger partial charge in [0.05, 0.1) is 5.82 Å². The van der Waals surface area contributed by atoms with Gasteiger partial charge < -0.3 is 5.10 Å². The Morgan fingerprint density at radius 1 is 1.30 bits per heavy atom. The topological polar surface area (TPSA) is 107 Å². The van der Waals surface area contributed by atoms with Crippen LogP contribution in [0.5, 0.6) is 0 Å². The van der Waals surface area contributed by atoms with Gasteiger partial charge in [0.2, 0.25) is 5.82 Å². The minimum Gasteiger partial charge on any atom is -0.327 e. The van der Waals surface area contributed by atoms with Gasteiger partial charge in [0.15, 0.2) is 0 Å². The summed E-state index contributed by atoms with van der Waals surface area (Å²) in [6, 6.07) is 0. The highest BCUT2D eigenvalue weighted by molar-refractivity contribution is 5.37. The third-order valence-corrected chi connectivity index (χ3v) is 0.864. The Hall–Kier alpha value is -1.86. The molecular formula is C2HN8-. The highest BCUT2D eigenvalue weighted by atomic mass is 15.5. The Labute approximate surface area is 54.0 Å². The summed E-state index contributed by atoms with van der Waals surface area (Å²) in [7, 11) is 0. The fourth-order valence-electron chi connectivity index (χ4n) is 0.491. The molecule has 2 heterocycles. The van der Waals surface area contributed by atoms with E-state index in [0.29, 0.717) is 5.82 Å². The van der Waals surface area contributed by atoms with Gasteiger partial charge in [0.25, 0.3) is 0 Å². The molecule has 0 saturated heterocycles. The molecule has 1 N–H and O–H groups in total. The van der Waals surface area contributed by atoms with E-state index in [9.17, 15) is 0 Å². The summed E-state index contributed by atoms with van der Waals surface area (Å²) in [5.74, 6) is 0.568. The van der Waals surface area contributed by atoms with E-state index < -0.39 is 0 Å². The van der Waals surface area contributed by atoms with Crippen LogP contribution in [0.4, 0.5) is 0 Å². The summed E-state index contributed by atoms with van der Waals surface area (Å²) in [6.07, 6.45) is 0. The monoisotopic (exact) mass is 137 g/mol. The van der Waals surface area contributed by atoms with Crippen LogP contribution in [-0.4, -0.2) is 36.1 Å². The molecule has 0 aliphatic heterocycles.